The highest BCUT2D eigenvalue weighted by atomic mass is 32.2. The zero-order valence-corrected chi connectivity index (χ0v) is 16.0. The Morgan fingerprint density at radius 3 is 2.33 bits per heavy atom. The van der Waals surface area contributed by atoms with Gasteiger partial charge in [0.2, 0.25) is 15.9 Å². The van der Waals surface area contributed by atoms with Crippen molar-refractivity contribution in [2.75, 3.05) is 19.7 Å². The number of rotatable bonds is 10. The molecule has 0 bridgehead atoms. The van der Waals surface area contributed by atoms with Crippen LogP contribution < -0.4 is 15.4 Å². The van der Waals surface area contributed by atoms with E-state index in [0.717, 1.165) is 0 Å². The number of hydrogen-bond acceptors (Lipinski definition) is 6. The maximum Gasteiger partial charge on any atom is 0.338 e. The minimum absolute atomic E-state index is 0.0187. The minimum Gasteiger partial charge on any atom is -0.452 e. The summed E-state index contributed by atoms with van der Waals surface area (Å²) < 4.78 is 31.0. The molecule has 1 aromatic rings. The highest BCUT2D eigenvalue weighted by molar-refractivity contribution is 7.89. The van der Waals surface area contributed by atoms with Crippen LogP contribution in [0.25, 0.3) is 0 Å². The molecule has 2 amide bonds. The standard InChI is InChI=1S/C17H23N3O6S/c1-4-9-19-27(24,25)14-7-5-13(6-8-14)17(23)26-11-16(22)18-10-15(21)20-12(2)3/h4-8,12,19H,1,9-11H2,2-3H3,(H,18,22)(H,20,21). The van der Waals surface area contributed by atoms with Crippen molar-refractivity contribution in [3.63, 3.8) is 0 Å². The topological polar surface area (TPSA) is 131 Å². The Labute approximate surface area is 158 Å². The lowest BCUT2D eigenvalue weighted by molar-refractivity contribution is -0.128. The number of esters is 1. The molecule has 0 heterocycles. The van der Waals surface area contributed by atoms with E-state index in [1.807, 2.05) is 0 Å². The summed E-state index contributed by atoms with van der Waals surface area (Å²) in [6, 6.07) is 5.00. The first-order chi connectivity index (χ1) is 12.7. The van der Waals surface area contributed by atoms with E-state index < -0.39 is 28.5 Å². The second-order valence-corrected chi connectivity index (χ2v) is 7.51. The van der Waals surface area contributed by atoms with Crippen molar-refractivity contribution in [3.8, 4) is 0 Å². The molecule has 148 valence electrons. The quantitative estimate of drug-likeness (QED) is 0.375. The summed E-state index contributed by atoms with van der Waals surface area (Å²) >= 11 is 0. The van der Waals surface area contributed by atoms with Crippen LogP contribution in [0, 0.1) is 0 Å². The molecule has 9 nitrogen and oxygen atoms in total. The lowest BCUT2D eigenvalue weighted by atomic mass is 10.2. The Balaban J connectivity index is 2.52. The van der Waals surface area contributed by atoms with Crippen molar-refractivity contribution in [2.45, 2.75) is 24.8 Å². The first kappa shape index (κ1) is 22.3. The van der Waals surface area contributed by atoms with E-state index >= 15 is 0 Å². The maximum atomic E-state index is 11.9. The van der Waals surface area contributed by atoms with E-state index in [2.05, 4.69) is 21.9 Å². The molecule has 0 unspecified atom stereocenters. The van der Waals surface area contributed by atoms with Gasteiger partial charge in [-0.05, 0) is 38.1 Å². The van der Waals surface area contributed by atoms with Gasteiger partial charge in [0, 0.05) is 12.6 Å². The lowest BCUT2D eigenvalue weighted by Gasteiger charge is -2.10. The normalized spacial score (nSPS) is 10.9. The van der Waals surface area contributed by atoms with Gasteiger partial charge in [-0.25, -0.2) is 17.9 Å². The Bertz CT molecular complexity index is 787. The fourth-order valence-corrected chi connectivity index (χ4v) is 2.84. The first-order valence-corrected chi connectivity index (χ1v) is 9.58. The summed E-state index contributed by atoms with van der Waals surface area (Å²) in [6.45, 7) is 6.29. The summed E-state index contributed by atoms with van der Waals surface area (Å²) in [5, 5.41) is 4.92. The highest BCUT2D eigenvalue weighted by Crippen LogP contribution is 2.11. The van der Waals surface area contributed by atoms with Crippen LogP contribution >= 0.6 is 0 Å². The van der Waals surface area contributed by atoms with Crippen molar-refractivity contribution >= 4 is 27.8 Å². The first-order valence-electron chi connectivity index (χ1n) is 8.09. The molecular formula is C17H23N3O6S. The number of sulfonamides is 1. The van der Waals surface area contributed by atoms with Crippen LogP contribution in [-0.4, -0.2) is 51.9 Å². The number of hydrogen-bond donors (Lipinski definition) is 3. The third-order valence-electron chi connectivity index (χ3n) is 3.05. The van der Waals surface area contributed by atoms with Crippen molar-refractivity contribution < 1.29 is 27.5 Å². The molecular weight excluding hydrogens is 374 g/mol. The third kappa shape index (κ3) is 8.01. The lowest BCUT2D eigenvalue weighted by Crippen LogP contribution is -2.41. The van der Waals surface area contributed by atoms with E-state index in [4.69, 9.17) is 4.74 Å². The molecule has 0 aromatic heterocycles. The van der Waals surface area contributed by atoms with E-state index in [0.29, 0.717) is 0 Å². The van der Waals surface area contributed by atoms with Crippen molar-refractivity contribution in [2.24, 2.45) is 0 Å². The van der Waals surface area contributed by atoms with Gasteiger partial charge in [0.05, 0.1) is 17.0 Å². The van der Waals surface area contributed by atoms with Crippen LogP contribution in [0.15, 0.2) is 41.8 Å². The van der Waals surface area contributed by atoms with Crippen molar-refractivity contribution in [1.82, 2.24) is 15.4 Å². The molecule has 27 heavy (non-hydrogen) atoms. The van der Waals surface area contributed by atoms with Crippen molar-refractivity contribution in [1.29, 1.82) is 0 Å². The van der Waals surface area contributed by atoms with Gasteiger partial charge in [-0.1, -0.05) is 6.08 Å². The van der Waals surface area contributed by atoms with Crippen molar-refractivity contribution in [3.05, 3.63) is 42.5 Å². The number of amides is 2. The van der Waals surface area contributed by atoms with E-state index in [9.17, 15) is 22.8 Å². The molecule has 0 radical (unpaired) electrons. The molecule has 0 saturated heterocycles. The van der Waals surface area contributed by atoms with Crippen LogP contribution in [0.4, 0.5) is 0 Å². The monoisotopic (exact) mass is 397 g/mol. The summed E-state index contributed by atoms with van der Waals surface area (Å²) in [6.07, 6.45) is 1.40. The van der Waals surface area contributed by atoms with Crippen LogP contribution in [-0.2, 0) is 24.3 Å². The highest BCUT2D eigenvalue weighted by Gasteiger charge is 2.15. The van der Waals surface area contributed by atoms with Gasteiger partial charge < -0.3 is 15.4 Å². The van der Waals surface area contributed by atoms with Crippen LogP contribution in [0.5, 0.6) is 0 Å². The predicted molar refractivity (Wildman–Crippen MR) is 98.4 cm³/mol. The largest absolute Gasteiger partial charge is 0.452 e. The number of benzene rings is 1. The van der Waals surface area contributed by atoms with Crippen LogP contribution in [0.3, 0.4) is 0 Å². The average Bonchev–Trinajstić information content (AvgIpc) is 2.62. The Hall–Kier alpha value is -2.72. The summed E-state index contributed by atoms with van der Waals surface area (Å²) in [5.74, 6) is -1.78. The Kier molecular flexibility index (Phi) is 8.63. The molecule has 0 aliphatic rings. The Morgan fingerprint density at radius 2 is 1.78 bits per heavy atom. The summed E-state index contributed by atoms with van der Waals surface area (Å²) in [5.41, 5.74) is 0.0861. The molecule has 1 aromatic carbocycles. The number of nitrogens with one attached hydrogen (secondary N) is 3. The molecule has 0 aliphatic heterocycles. The Morgan fingerprint density at radius 1 is 1.15 bits per heavy atom. The number of carbonyl (C=O) groups excluding carboxylic acids is 3. The van der Waals surface area contributed by atoms with Gasteiger partial charge in [0.1, 0.15) is 0 Å². The second-order valence-electron chi connectivity index (χ2n) is 5.74. The summed E-state index contributed by atoms with van der Waals surface area (Å²) in [7, 11) is -3.69. The van der Waals surface area contributed by atoms with Gasteiger partial charge in [-0.15, -0.1) is 6.58 Å². The van der Waals surface area contributed by atoms with Gasteiger partial charge in [0.25, 0.3) is 5.91 Å². The molecule has 0 saturated carbocycles. The summed E-state index contributed by atoms with van der Waals surface area (Å²) in [4.78, 5) is 34.9. The van der Waals surface area contributed by atoms with E-state index in [-0.39, 0.29) is 35.5 Å². The smallest absolute Gasteiger partial charge is 0.338 e. The van der Waals surface area contributed by atoms with Crippen LogP contribution in [0.1, 0.15) is 24.2 Å². The van der Waals surface area contributed by atoms with Gasteiger partial charge in [-0.2, -0.15) is 0 Å². The molecule has 1 rings (SSSR count). The molecule has 10 heteroatoms. The minimum atomic E-state index is -3.69. The van der Waals surface area contributed by atoms with Gasteiger partial charge in [-0.3, -0.25) is 9.59 Å². The molecule has 0 fully saturated rings. The van der Waals surface area contributed by atoms with Crippen LogP contribution in [0.2, 0.25) is 0 Å². The van der Waals surface area contributed by atoms with E-state index in [1.165, 1.54) is 30.3 Å². The fraction of sp³-hybridized carbons (Fsp3) is 0.353. The van der Waals surface area contributed by atoms with Gasteiger partial charge in [0.15, 0.2) is 6.61 Å². The fourth-order valence-electron chi connectivity index (χ4n) is 1.84. The average molecular weight is 397 g/mol. The third-order valence-corrected chi connectivity index (χ3v) is 4.49. The second kappa shape index (κ2) is 10.4. The molecule has 0 aliphatic carbocycles. The SMILES string of the molecule is C=CCNS(=O)(=O)c1ccc(C(=O)OCC(=O)NCC(=O)NC(C)C)cc1. The predicted octanol–water partition coefficient (Wildman–Crippen LogP) is -0.0515. The zero-order valence-electron chi connectivity index (χ0n) is 15.2. The number of ether oxygens (including phenoxy) is 1. The van der Waals surface area contributed by atoms with Gasteiger partial charge >= 0.3 is 5.97 Å². The molecule has 3 N–H and O–H groups in total. The number of carbonyl (C=O) groups is 3. The maximum absolute atomic E-state index is 11.9. The zero-order chi connectivity index (χ0) is 20.4. The molecule has 0 atom stereocenters. The molecule has 0 spiro atoms. The van der Waals surface area contributed by atoms with E-state index in [1.54, 1.807) is 13.8 Å².